The molecule has 1 N–H and O–H groups in total. The summed E-state index contributed by atoms with van der Waals surface area (Å²) in [6, 6.07) is 3.60. The molecule has 1 atom stereocenters. The van der Waals surface area contributed by atoms with Gasteiger partial charge in [-0.25, -0.2) is 4.79 Å². The number of aromatic nitrogens is 2. The Balaban J connectivity index is 1.57. The van der Waals surface area contributed by atoms with Gasteiger partial charge < -0.3 is 9.63 Å². The van der Waals surface area contributed by atoms with Gasteiger partial charge in [0.05, 0.1) is 5.56 Å². The van der Waals surface area contributed by atoms with Gasteiger partial charge in [-0.15, -0.1) is 0 Å². The average Bonchev–Trinajstić information content (AvgIpc) is 3.46. The van der Waals surface area contributed by atoms with E-state index < -0.39 is 23.9 Å². The fraction of sp³-hybridized carbons (Fsp3) is 0.571. The first-order valence-corrected chi connectivity index (χ1v) is 10.4. The molecule has 2 aromatic rings. The Morgan fingerprint density at radius 1 is 1.20 bits per heavy atom. The fourth-order valence-corrected chi connectivity index (χ4v) is 4.60. The van der Waals surface area contributed by atoms with E-state index in [-0.39, 0.29) is 22.8 Å². The molecule has 1 amide bonds. The van der Waals surface area contributed by atoms with Crippen LogP contribution in [0.25, 0.3) is 11.4 Å². The summed E-state index contributed by atoms with van der Waals surface area (Å²) < 4.78 is 46.3. The summed E-state index contributed by atoms with van der Waals surface area (Å²) in [7, 11) is 0. The first kappa shape index (κ1) is 20.7. The smallest absolute Gasteiger partial charge is 0.416 e. The molecule has 1 aromatic heterocycles. The zero-order valence-electron chi connectivity index (χ0n) is 16.5. The van der Waals surface area contributed by atoms with Crippen LogP contribution in [0.3, 0.4) is 0 Å². The van der Waals surface area contributed by atoms with E-state index in [1.54, 1.807) is 6.07 Å². The molecule has 162 valence electrons. The SMILES string of the molecule is O=C(O)N1CCCC1c1nc(-c2ccc(CCC3CCCC3)c(C(F)(F)F)c2)no1. The normalized spacial score (nSPS) is 20.2. The molecular formula is C21H24F3N3O3. The molecule has 2 aliphatic rings. The summed E-state index contributed by atoms with van der Waals surface area (Å²) in [5, 5.41) is 13.1. The van der Waals surface area contributed by atoms with Crippen molar-refractivity contribution in [2.75, 3.05) is 6.54 Å². The topological polar surface area (TPSA) is 79.5 Å². The maximum atomic E-state index is 13.7. The molecule has 1 aliphatic carbocycles. The maximum Gasteiger partial charge on any atom is 0.416 e. The monoisotopic (exact) mass is 423 g/mol. The van der Waals surface area contributed by atoms with Crippen molar-refractivity contribution in [3.05, 3.63) is 35.2 Å². The number of aryl methyl sites for hydroxylation is 1. The Morgan fingerprint density at radius 2 is 1.97 bits per heavy atom. The molecule has 1 saturated carbocycles. The van der Waals surface area contributed by atoms with Crippen molar-refractivity contribution in [3.8, 4) is 11.4 Å². The number of halogens is 3. The molecule has 2 heterocycles. The van der Waals surface area contributed by atoms with Gasteiger partial charge in [-0.2, -0.15) is 18.2 Å². The van der Waals surface area contributed by atoms with Crippen LogP contribution in [-0.4, -0.2) is 32.8 Å². The molecule has 6 nitrogen and oxygen atoms in total. The summed E-state index contributed by atoms with van der Waals surface area (Å²) in [4.78, 5) is 16.7. The summed E-state index contributed by atoms with van der Waals surface area (Å²) in [6.07, 6.45) is 1.34. The predicted octanol–water partition coefficient (Wildman–Crippen LogP) is 5.69. The number of benzene rings is 1. The molecule has 9 heteroatoms. The fourth-order valence-electron chi connectivity index (χ4n) is 4.60. The lowest BCUT2D eigenvalue weighted by Crippen LogP contribution is -2.28. The highest BCUT2D eigenvalue weighted by atomic mass is 19.4. The second kappa shape index (κ2) is 8.28. The minimum Gasteiger partial charge on any atom is -0.465 e. The van der Waals surface area contributed by atoms with Crippen molar-refractivity contribution in [3.63, 3.8) is 0 Å². The number of alkyl halides is 3. The van der Waals surface area contributed by atoms with E-state index in [0.717, 1.165) is 38.2 Å². The van der Waals surface area contributed by atoms with Gasteiger partial charge in [-0.1, -0.05) is 43.0 Å². The Morgan fingerprint density at radius 3 is 2.67 bits per heavy atom. The third-order valence-electron chi connectivity index (χ3n) is 6.20. The predicted molar refractivity (Wildman–Crippen MR) is 102 cm³/mol. The largest absolute Gasteiger partial charge is 0.465 e. The van der Waals surface area contributed by atoms with Gasteiger partial charge in [0.25, 0.3) is 0 Å². The maximum absolute atomic E-state index is 13.7. The highest BCUT2D eigenvalue weighted by molar-refractivity contribution is 5.66. The minimum absolute atomic E-state index is 0.0371. The van der Waals surface area contributed by atoms with Gasteiger partial charge >= 0.3 is 12.3 Å². The van der Waals surface area contributed by atoms with Crippen LogP contribution < -0.4 is 0 Å². The van der Waals surface area contributed by atoms with Crippen molar-refractivity contribution < 1.29 is 27.6 Å². The van der Waals surface area contributed by atoms with E-state index >= 15 is 0 Å². The summed E-state index contributed by atoms with van der Waals surface area (Å²) in [6.45, 7) is 0.367. The van der Waals surface area contributed by atoms with Gasteiger partial charge in [0.15, 0.2) is 0 Å². The lowest BCUT2D eigenvalue weighted by molar-refractivity contribution is -0.138. The van der Waals surface area contributed by atoms with Gasteiger partial charge in [0.2, 0.25) is 11.7 Å². The van der Waals surface area contributed by atoms with E-state index in [2.05, 4.69) is 10.1 Å². The zero-order chi connectivity index (χ0) is 21.3. The number of hydrogen-bond acceptors (Lipinski definition) is 4. The van der Waals surface area contributed by atoms with Crippen molar-refractivity contribution in [2.45, 2.75) is 63.6 Å². The van der Waals surface area contributed by atoms with E-state index in [1.807, 2.05) is 0 Å². The third-order valence-corrected chi connectivity index (χ3v) is 6.20. The first-order valence-electron chi connectivity index (χ1n) is 10.4. The number of carboxylic acid groups (broad SMARTS) is 1. The van der Waals surface area contributed by atoms with E-state index in [9.17, 15) is 23.1 Å². The van der Waals surface area contributed by atoms with Crippen LogP contribution in [0.5, 0.6) is 0 Å². The molecule has 4 rings (SSSR count). The third kappa shape index (κ3) is 4.29. The molecule has 0 spiro atoms. The van der Waals surface area contributed by atoms with Crippen molar-refractivity contribution in [1.82, 2.24) is 15.0 Å². The number of hydrogen-bond donors (Lipinski definition) is 1. The number of carbonyl (C=O) groups is 1. The van der Waals surface area contributed by atoms with Gasteiger partial charge in [0.1, 0.15) is 6.04 Å². The highest BCUT2D eigenvalue weighted by Crippen LogP contribution is 2.37. The highest BCUT2D eigenvalue weighted by Gasteiger charge is 2.36. The van der Waals surface area contributed by atoms with Crippen LogP contribution in [0, 0.1) is 5.92 Å². The lowest BCUT2D eigenvalue weighted by atomic mass is 9.94. The van der Waals surface area contributed by atoms with Crippen LogP contribution in [0.1, 0.15) is 68.0 Å². The Kier molecular flexibility index (Phi) is 5.71. The zero-order valence-corrected chi connectivity index (χ0v) is 16.5. The molecular weight excluding hydrogens is 399 g/mol. The average molecular weight is 423 g/mol. The standard InChI is InChI=1S/C21H24F3N3O3/c22-21(23,24)16-12-15(10-9-14(16)8-7-13-4-1-2-5-13)18-25-19(30-26-18)17-6-3-11-27(17)20(28)29/h9-10,12-13,17H,1-8,11H2,(H,28,29). The van der Waals surface area contributed by atoms with Gasteiger partial charge in [0, 0.05) is 12.1 Å². The van der Waals surface area contributed by atoms with Crippen LogP contribution in [0.4, 0.5) is 18.0 Å². The van der Waals surface area contributed by atoms with Gasteiger partial charge in [-0.05, 0) is 43.2 Å². The minimum atomic E-state index is -4.47. The second-order valence-electron chi connectivity index (χ2n) is 8.15. The summed E-state index contributed by atoms with van der Waals surface area (Å²) in [5.74, 6) is 0.660. The summed E-state index contributed by atoms with van der Waals surface area (Å²) in [5.41, 5.74) is -0.172. The van der Waals surface area contributed by atoms with E-state index in [4.69, 9.17) is 4.52 Å². The number of likely N-dealkylation sites (tertiary alicyclic amines) is 1. The molecule has 1 saturated heterocycles. The van der Waals surface area contributed by atoms with Crippen molar-refractivity contribution >= 4 is 6.09 Å². The second-order valence-corrected chi connectivity index (χ2v) is 8.15. The van der Waals surface area contributed by atoms with E-state index in [0.29, 0.717) is 31.7 Å². The number of amides is 1. The van der Waals surface area contributed by atoms with Crippen LogP contribution >= 0.6 is 0 Å². The van der Waals surface area contributed by atoms with Crippen LogP contribution in [0.15, 0.2) is 22.7 Å². The van der Waals surface area contributed by atoms with Crippen LogP contribution in [-0.2, 0) is 12.6 Å². The molecule has 1 aliphatic heterocycles. The Labute approximate surface area is 172 Å². The quantitative estimate of drug-likeness (QED) is 0.668. The Bertz CT molecular complexity index is 906. The number of rotatable bonds is 5. The molecule has 0 bridgehead atoms. The Hall–Kier alpha value is -2.58. The van der Waals surface area contributed by atoms with Gasteiger partial charge in [-0.3, -0.25) is 4.90 Å². The van der Waals surface area contributed by atoms with Crippen LogP contribution in [0.2, 0.25) is 0 Å². The molecule has 2 fully saturated rings. The molecule has 1 aromatic carbocycles. The summed E-state index contributed by atoms with van der Waals surface area (Å²) >= 11 is 0. The molecule has 0 radical (unpaired) electrons. The lowest BCUT2D eigenvalue weighted by Gasteiger charge is -2.17. The molecule has 30 heavy (non-hydrogen) atoms. The van der Waals surface area contributed by atoms with Crippen molar-refractivity contribution in [2.24, 2.45) is 5.92 Å². The molecule has 1 unspecified atom stereocenters. The van der Waals surface area contributed by atoms with Crippen molar-refractivity contribution in [1.29, 1.82) is 0 Å². The number of nitrogens with zero attached hydrogens (tertiary/aromatic N) is 3. The first-order chi connectivity index (χ1) is 14.3. The van der Waals surface area contributed by atoms with E-state index in [1.165, 1.54) is 11.0 Å².